The molecule has 4 rings (SSSR count). The molecule has 0 spiro atoms. The summed E-state index contributed by atoms with van der Waals surface area (Å²) >= 11 is 0. The minimum Gasteiger partial charge on any atom is -0.378 e. The molecule has 0 unspecified atom stereocenters. The standard InChI is InChI=1S/C21H30N2O2/c1-23(2)16-9-7-14(8-10-16)13-18(24)22-20-17-11-12-25-21(17)19(20)15-5-3-4-6-15/h7-10,15,17,19-21H,3-6,11-13H2,1-2H3,(H,22,24)/t17-,19+,20+,21-/m0/s1. The number of hydrogen-bond donors (Lipinski definition) is 1. The van der Waals surface area contributed by atoms with Crippen molar-refractivity contribution in [1.29, 1.82) is 0 Å². The fourth-order valence-electron chi connectivity index (χ4n) is 5.19. The molecule has 1 aromatic rings. The first kappa shape index (κ1) is 16.9. The molecular formula is C21H30N2O2. The molecular weight excluding hydrogens is 312 g/mol. The van der Waals surface area contributed by atoms with Crippen LogP contribution in [0, 0.1) is 17.8 Å². The van der Waals surface area contributed by atoms with Crippen LogP contribution in [0.4, 0.5) is 5.69 Å². The van der Waals surface area contributed by atoms with Gasteiger partial charge in [-0.15, -0.1) is 0 Å². The molecule has 1 aliphatic heterocycles. The summed E-state index contributed by atoms with van der Waals surface area (Å²) in [6, 6.07) is 8.61. The molecule has 1 amide bonds. The summed E-state index contributed by atoms with van der Waals surface area (Å²) in [6.07, 6.45) is 7.31. The van der Waals surface area contributed by atoms with Crippen molar-refractivity contribution in [2.24, 2.45) is 17.8 Å². The summed E-state index contributed by atoms with van der Waals surface area (Å²) < 4.78 is 5.99. The largest absolute Gasteiger partial charge is 0.378 e. The highest BCUT2D eigenvalue weighted by Crippen LogP contribution is 2.51. The third-order valence-corrected chi connectivity index (χ3v) is 6.53. The van der Waals surface area contributed by atoms with Gasteiger partial charge in [-0.05, 0) is 30.0 Å². The van der Waals surface area contributed by atoms with Crippen LogP contribution in [-0.2, 0) is 16.0 Å². The molecule has 3 fully saturated rings. The molecule has 1 saturated heterocycles. The van der Waals surface area contributed by atoms with Gasteiger partial charge in [-0.3, -0.25) is 4.79 Å². The molecule has 1 N–H and O–H groups in total. The number of fused-ring (bicyclic) bond motifs is 1. The van der Waals surface area contributed by atoms with Gasteiger partial charge >= 0.3 is 0 Å². The van der Waals surface area contributed by atoms with Crippen LogP contribution in [0.15, 0.2) is 24.3 Å². The van der Waals surface area contributed by atoms with E-state index in [1.807, 2.05) is 14.1 Å². The maximum absolute atomic E-state index is 12.6. The zero-order valence-corrected chi connectivity index (χ0v) is 15.4. The Hall–Kier alpha value is -1.55. The molecule has 4 nitrogen and oxygen atoms in total. The molecule has 4 heteroatoms. The lowest BCUT2D eigenvalue weighted by Gasteiger charge is -2.50. The highest BCUT2D eigenvalue weighted by molar-refractivity contribution is 5.79. The quantitative estimate of drug-likeness (QED) is 0.894. The van der Waals surface area contributed by atoms with Crippen molar-refractivity contribution in [3.05, 3.63) is 29.8 Å². The predicted molar refractivity (Wildman–Crippen MR) is 99.7 cm³/mol. The number of carbonyl (C=O) groups is 1. The van der Waals surface area contributed by atoms with E-state index in [-0.39, 0.29) is 5.91 Å². The summed E-state index contributed by atoms with van der Waals surface area (Å²) in [7, 11) is 4.06. The summed E-state index contributed by atoms with van der Waals surface area (Å²) in [4.78, 5) is 14.7. The Labute approximate surface area is 150 Å². The summed E-state index contributed by atoms with van der Waals surface area (Å²) in [6.45, 7) is 0.872. The molecule has 0 aromatic heterocycles. The molecule has 1 heterocycles. The maximum atomic E-state index is 12.6. The van der Waals surface area contributed by atoms with E-state index >= 15 is 0 Å². The Kier molecular flexibility index (Phi) is 4.72. The van der Waals surface area contributed by atoms with E-state index in [2.05, 4.69) is 34.5 Å². The molecule has 0 radical (unpaired) electrons. The van der Waals surface area contributed by atoms with Gasteiger partial charge in [0.25, 0.3) is 0 Å². The molecule has 2 saturated carbocycles. The number of nitrogens with one attached hydrogen (secondary N) is 1. The SMILES string of the molecule is CN(C)c1ccc(CC(=O)N[C@@H]2[C@@H]3CCO[C@@H]3[C@@H]2C2CCCC2)cc1. The van der Waals surface area contributed by atoms with Crippen molar-refractivity contribution in [3.63, 3.8) is 0 Å². The van der Waals surface area contributed by atoms with Gasteiger partial charge in [-0.1, -0.05) is 37.8 Å². The molecule has 1 aromatic carbocycles. The second-order valence-electron chi connectivity index (χ2n) is 8.24. The van der Waals surface area contributed by atoms with E-state index in [1.54, 1.807) is 0 Å². The van der Waals surface area contributed by atoms with Crippen LogP contribution in [-0.4, -0.2) is 38.8 Å². The lowest BCUT2D eigenvalue weighted by atomic mass is 9.61. The minimum atomic E-state index is 0.163. The molecule has 0 bridgehead atoms. The normalized spacial score (nSPS) is 31.4. The van der Waals surface area contributed by atoms with Crippen LogP contribution in [0.1, 0.15) is 37.7 Å². The molecule has 4 atom stereocenters. The van der Waals surface area contributed by atoms with Crippen LogP contribution >= 0.6 is 0 Å². The number of carbonyl (C=O) groups excluding carboxylic acids is 1. The predicted octanol–water partition coefficient (Wildman–Crippen LogP) is 3.01. The van der Waals surface area contributed by atoms with Crippen molar-refractivity contribution in [3.8, 4) is 0 Å². The van der Waals surface area contributed by atoms with Gasteiger partial charge in [-0.25, -0.2) is 0 Å². The summed E-state index contributed by atoms with van der Waals surface area (Å²) in [5.74, 6) is 2.01. The van der Waals surface area contributed by atoms with Crippen LogP contribution in [0.2, 0.25) is 0 Å². The fourth-order valence-corrected chi connectivity index (χ4v) is 5.19. The highest BCUT2D eigenvalue weighted by Gasteiger charge is 2.56. The average Bonchev–Trinajstić information content (AvgIpc) is 3.24. The van der Waals surface area contributed by atoms with Crippen molar-refractivity contribution in [1.82, 2.24) is 5.32 Å². The van der Waals surface area contributed by atoms with Crippen molar-refractivity contribution < 1.29 is 9.53 Å². The topological polar surface area (TPSA) is 41.6 Å². The van der Waals surface area contributed by atoms with Crippen LogP contribution in [0.3, 0.4) is 0 Å². The smallest absolute Gasteiger partial charge is 0.224 e. The van der Waals surface area contributed by atoms with Crippen molar-refractivity contribution in [2.45, 2.75) is 50.7 Å². The van der Waals surface area contributed by atoms with Crippen molar-refractivity contribution in [2.75, 3.05) is 25.6 Å². The third-order valence-electron chi connectivity index (χ3n) is 6.53. The van der Waals surface area contributed by atoms with Crippen LogP contribution in [0.25, 0.3) is 0 Å². The van der Waals surface area contributed by atoms with Gasteiger partial charge in [0.2, 0.25) is 5.91 Å². The van der Waals surface area contributed by atoms with Crippen LogP contribution < -0.4 is 10.2 Å². The fraction of sp³-hybridized carbons (Fsp3) is 0.667. The average molecular weight is 342 g/mol. The van der Waals surface area contributed by atoms with E-state index in [4.69, 9.17) is 4.74 Å². The first-order valence-corrected chi connectivity index (χ1v) is 9.81. The van der Waals surface area contributed by atoms with E-state index in [9.17, 15) is 4.79 Å². The second kappa shape index (κ2) is 6.99. The first-order chi connectivity index (χ1) is 12.1. The monoisotopic (exact) mass is 342 g/mol. The summed E-state index contributed by atoms with van der Waals surface area (Å²) in [5.41, 5.74) is 2.24. The lowest BCUT2D eigenvalue weighted by Crippen LogP contribution is -2.63. The maximum Gasteiger partial charge on any atom is 0.224 e. The Morgan fingerprint density at radius 3 is 2.56 bits per heavy atom. The first-order valence-electron chi connectivity index (χ1n) is 9.81. The molecule has 2 aliphatic carbocycles. The number of amides is 1. The van der Waals surface area contributed by atoms with Gasteiger partial charge in [0, 0.05) is 44.3 Å². The Balaban J connectivity index is 1.37. The Morgan fingerprint density at radius 1 is 1.16 bits per heavy atom. The number of benzene rings is 1. The number of ether oxygens (including phenoxy) is 1. The van der Waals surface area contributed by atoms with Gasteiger partial charge in [0.15, 0.2) is 0 Å². The molecule has 136 valence electrons. The van der Waals surface area contributed by atoms with E-state index in [0.29, 0.717) is 30.4 Å². The van der Waals surface area contributed by atoms with Gasteiger partial charge in [-0.2, -0.15) is 0 Å². The number of hydrogen-bond acceptors (Lipinski definition) is 3. The number of rotatable bonds is 5. The van der Waals surface area contributed by atoms with Gasteiger partial charge < -0.3 is 15.0 Å². The molecule has 25 heavy (non-hydrogen) atoms. The second-order valence-corrected chi connectivity index (χ2v) is 8.24. The Bertz CT molecular complexity index is 602. The lowest BCUT2D eigenvalue weighted by molar-refractivity contribution is -0.129. The summed E-state index contributed by atoms with van der Waals surface area (Å²) in [5, 5.41) is 3.37. The van der Waals surface area contributed by atoms with Gasteiger partial charge in [0.1, 0.15) is 0 Å². The minimum absolute atomic E-state index is 0.163. The highest BCUT2D eigenvalue weighted by atomic mass is 16.5. The number of nitrogens with zero attached hydrogens (tertiary/aromatic N) is 1. The molecule has 3 aliphatic rings. The Morgan fingerprint density at radius 2 is 1.88 bits per heavy atom. The van der Waals surface area contributed by atoms with Crippen molar-refractivity contribution >= 4 is 11.6 Å². The van der Waals surface area contributed by atoms with E-state index < -0.39 is 0 Å². The van der Waals surface area contributed by atoms with E-state index in [0.717, 1.165) is 30.2 Å². The van der Waals surface area contributed by atoms with Gasteiger partial charge in [0.05, 0.1) is 12.5 Å². The van der Waals surface area contributed by atoms with E-state index in [1.165, 1.54) is 25.7 Å². The zero-order chi connectivity index (χ0) is 17.4. The zero-order valence-electron chi connectivity index (χ0n) is 15.4. The number of anilines is 1. The van der Waals surface area contributed by atoms with Crippen LogP contribution in [0.5, 0.6) is 0 Å². The third kappa shape index (κ3) is 3.29.